The first-order chi connectivity index (χ1) is 9.66. The molecule has 2 N–H and O–H groups in total. The van der Waals surface area contributed by atoms with Gasteiger partial charge in [0.05, 0.1) is 18.1 Å². The van der Waals surface area contributed by atoms with Crippen molar-refractivity contribution in [3.05, 3.63) is 39.9 Å². The lowest BCUT2D eigenvalue weighted by atomic mass is 10.1. The molecular formula is C13H17N3O4. The fourth-order valence-electron chi connectivity index (χ4n) is 2.08. The molecule has 1 atom stereocenters. The van der Waals surface area contributed by atoms with E-state index in [4.69, 9.17) is 4.74 Å². The first kappa shape index (κ1) is 14.4. The molecule has 7 nitrogen and oxygen atoms in total. The highest BCUT2D eigenvalue weighted by atomic mass is 16.6. The van der Waals surface area contributed by atoms with E-state index in [2.05, 4.69) is 10.6 Å². The molecule has 20 heavy (non-hydrogen) atoms. The molecule has 0 saturated carbocycles. The van der Waals surface area contributed by atoms with Gasteiger partial charge in [-0.25, -0.2) is 0 Å². The average molecular weight is 279 g/mol. The number of rotatable bonds is 5. The van der Waals surface area contributed by atoms with E-state index in [9.17, 15) is 14.9 Å². The molecule has 0 spiro atoms. The SMILES string of the molecule is O=C(CC1COCCN1)NCc1ccccc1[N+](=O)[O-]. The van der Waals surface area contributed by atoms with Crippen LogP contribution in [0.1, 0.15) is 12.0 Å². The van der Waals surface area contributed by atoms with Crippen LogP contribution in [0.15, 0.2) is 24.3 Å². The Morgan fingerprint density at radius 3 is 3.00 bits per heavy atom. The van der Waals surface area contributed by atoms with E-state index in [1.54, 1.807) is 18.2 Å². The molecule has 0 radical (unpaired) electrons. The van der Waals surface area contributed by atoms with Crippen LogP contribution in [0.25, 0.3) is 0 Å². The smallest absolute Gasteiger partial charge is 0.274 e. The van der Waals surface area contributed by atoms with Crippen LogP contribution in [0.4, 0.5) is 5.69 Å². The van der Waals surface area contributed by atoms with Gasteiger partial charge in [-0.3, -0.25) is 14.9 Å². The summed E-state index contributed by atoms with van der Waals surface area (Å²) in [5, 5.41) is 16.7. The van der Waals surface area contributed by atoms with E-state index < -0.39 is 4.92 Å². The van der Waals surface area contributed by atoms with Crippen molar-refractivity contribution in [3.63, 3.8) is 0 Å². The van der Waals surface area contributed by atoms with Gasteiger partial charge in [0.25, 0.3) is 5.69 Å². The van der Waals surface area contributed by atoms with Crippen LogP contribution in [0.3, 0.4) is 0 Å². The normalized spacial score (nSPS) is 18.5. The van der Waals surface area contributed by atoms with Gasteiger partial charge in [-0.05, 0) is 0 Å². The summed E-state index contributed by atoms with van der Waals surface area (Å²) in [4.78, 5) is 22.2. The third kappa shape index (κ3) is 4.01. The van der Waals surface area contributed by atoms with Crippen LogP contribution in [-0.4, -0.2) is 36.6 Å². The van der Waals surface area contributed by atoms with Crippen LogP contribution in [0, 0.1) is 10.1 Å². The number of nitrogens with one attached hydrogen (secondary N) is 2. The first-order valence-electron chi connectivity index (χ1n) is 6.47. The predicted molar refractivity (Wildman–Crippen MR) is 72.2 cm³/mol. The molecule has 1 unspecified atom stereocenters. The molecule has 1 aliphatic rings. The number of hydrogen-bond acceptors (Lipinski definition) is 5. The minimum atomic E-state index is -0.446. The lowest BCUT2D eigenvalue weighted by Gasteiger charge is -2.23. The monoisotopic (exact) mass is 279 g/mol. The standard InChI is InChI=1S/C13H17N3O4/c17-13(7-11-9-20-6-5-14-11)15-8-10-3-1-2-4-12(10)16(18)19/h1-4,11,14H,5-9H2,(H,15,17). The molecule has 1 amide bonds. The summed E-state index contributed by atoms with van der Waals surface area (Å²) in [6.07, 6.45) is 0.306. The number of nitro benzene ring substituents is 1. The maximum Gasteiger partial charge on any atom is 0.274 e. The molecule has 1 fully saturated rings. The topological polar surface area (TPSA) is 93.5 Å². The van der Waals surface area contributed by atoms with Crippen LogP contribution in [0.5, 0.6) is 0 Å². The van der Waals surface area contributed by atoms with E-state index in [1.807, 2.05) is 0 Å². The minimum absolute atomic E-state index is 0.00880. The molecule has 1 saturated heterocycles. The predicted octanol–water partition coefficient (Wildman–Crippen LogP) is 0.590. The van der Waals surface area contributed by atoms with E-state index in [-0.39, 0.29) is 24.2 Å². The van der Waals surface area contributed by atoms with Gasteiger partial charge in [0.1, 0.15) is 0 Å². The Morgan fingerprint density at radius 1 is 1.50 bits per heavy atom. The number of amides is 1. The van der Waals surface area contributed by atoms with Gasteiger partial charge in [0.15, 0.2) is 0 Å². The number of para-hydroxylation sites is 1. The van der Waals surface area contributed by atoms with Gasteiger partial charge in [-0.2, -0.15) is 0 Å². The van der Waals surface area contributed by atoms with E-state index in [1.165, 1.54) is 6.07 Å². The van der Waals surface area contributed by atoms with Crippen molar-refractivity contribution in [2.45, 2.75) is 19.0 Å². The highest BCUT2D eigenvalue weighted by molar-refractivity contribution is 5.76. The van der Waals surface area contributed by atoms with Crippen molar-refractivity contribution >= 4 is 11.6 Å². The number of nitro groups is 1. The lowest BCUT2D eigenvalue weighted by molar-refractivity contribution is -0.385. The summed E-state index contributed by atoms with van der Waals surface area (Å²) < 4.78 is 5.26. The van der Waals surface area contributed by atoms with Crippen LogP contribution in [-0.2, 0) is 16.1 Å². The number of nitrogens with zero attached hydrogens (tertiary/aromatic N) is 1. The van der Waals surface area contributed by atoms with Crippen LogP contribution in [0.2, 0.25) is 0 Å². The summed E-state index contributed by atoms with van der Waals surface area (Å²) >= 11 is 0. The molecular weight excluding hydrogens is 262 g/mol. The Bertz CT molecular complexity index is 486. The number of ether oxygens (including phenoxy) is 1. The molecule has 2 rings (SSSR count). The Kier molecular flexibility index (Phi) is 5.03. The highest BCUT2D eigenvalue weighted by Gasteiger charge is 2.18. The molecule has 0 bridgehead atoms. The molecule has 0 aromatic heterocycles. The third-order valence-corrected chi connectivity index (χ3v) is 3.09. The third-order valence-electron chi connectivity index (χ3n) is 3.09. The Labute approximate surface area is 116 Å². The van der Waals surface area contributed by atoms with Crippen LogP contribution < -0.4 is 10.6 Å². The zero-order chi connectivity index (χ0) is 14.4. The average Bonchev–Trinajstić information content (AvgIpc) is 2.46. The zero-order valence-corrected chi connectivity index (χ0v) is 11.0. The maximum atomic E-state index is 11.8. The fourth-order valence-corrected chi connectivity index (χ4v) is 2.08. The number of carbonyl (C=O) groups excluding carboxylic acids is 1. The number of morpholine rings is 1. The molecule has 1 heterocycles. The second-order valence-corrected chi connectivity index (χ2v) is 4.59. The largest absolute Gasteiger partial charge is 0.378 e. The Morgan fingerprint density at radius 2 is 2.30 bits per heavy atom. The highest BCUT2D eigenvalue weighted by Crippen LogP contribution is 2.17. The first-order valence-corrected chi connectivity index (χ1v) is 6.47. The van der Waals surface area contributed by atoms with Crippen molar-refractivity contribution in [1.82, 2.24) is 10.6 Å². The zero-order valence-electron chi connectivity index (χ0n) is 11.0. The molecule has 1 aromatic rings. The van der Waals surface area contributed by atoms with E-state index in [0.29, 0.717) is 25.2 Å². The summed E-state index contributed by atoms with van der Waals surface area (Å²) in [5.74, 6) is -0.147. The summed E-state index contributed by atoms with van der Waals surface area (Å²) in [7, 11) is 0. The molecule has 0 aliphatic carbocycles. The molecule has 1 aromatic carbocycles. The second-order valence-electron chi connectivity index (χ2n) is 4.59. The molecule has 1 aliphatic heterocycles. The quantitative estimate of drug-likeness (QED) is 0.607. The maximum absolute atomic E-state index is 11.8. The number of hydrogen-bond donors (Lipinski definition) is 2. The van der Waals surface area contributed by atoms with Crippen molar-refractivity contribution in [1.29, 1.82) is 0 Å². The second kappa shape index (κ2) is 6.97. The number of benzene rings is 1. The Balaban J connectivity index is 1.85. The lowest BCUT2D eigenvalue weighted by Crippen LogP contribution is -2.44. The van der Waals surface area contributed by atoms with Gasteiger partial charge < -0.3 is 15.4 Å². The van der Waals surface area contributed by atoms with Crippen LogP contribution >= 0.6 is 0 Å². The van der Waals surface area contributed by atoms with Gasteiger partial charge in [-0.15, -0.1) is 0 Å². The van der Waals surface area contributed by atoms with Gasteiger partial charge in [-0.1, -0.05) is 18.2 Å². The molecule has 108 valence electrons. The summed E-state index contributed by atoms with van der Waals surface area (Å²) in [6.45, 7) is 2.07. The van der Waals surface area contributed by atoms with Gasteiger partial charge >= 0.3 is 0 Å². The molecule has 7 heteroatoms. The van der Waals surface area contributed by atoms with Crippen molar-refractivity contribution in [2.75, 3.05) is 19.8 Å². The number of carbonyl (C=O) groups is 1. The fraction of sp³-hybridized carbons (Fsp3) is 0.462. The van der Waals surface area contributed by atoms with Crippen molar-refractivity contribution < 1.29 is 14.5 Å². The summed E-state index contributed by atoms with van der Waals surface area (Å²) in [6, 6.07) is 6.39. The Hall–Kier alpha value is -1.99. The van der Waals surface area contributed by atoms with Gasteiger partial charge in [0, 0.05) is 37.2 Å². The van der Waals surface area contributed by atoms with E-state index >= 15 is 0 Å². The van der Waals surface area contributed by atoms with Crippen molar-refractivity contribution in [3.8, 4) is 0 Å². The minimum Gasteiger partial charge on any atom is -0.378 e. The van der Waals surface area contributed by atoms with E-state index in [0.717, 1.165) is 6.54 Å². The van der Waals surface area contributed by atoms with Crippen molar-refractivity contribution in [2.24, 2.45) is 0 Å². The van der Waals surface area contributed by atoms with Gasteiger partial charge in [0.2, 0.25) is 5.91 Å². The summed E-state index contributed by atoms with van der Waals surface area (Å²) in [5.41, 5.74) is 0.519.